The molecule has 0 bridgehead atoms. The summed E-state index contributed by atoms with van der Waals surface area (Å²) >= 11 is 0. The normalized spacial score (nSPS) is 11.5. The van der Waals surface area contributed by atoms with Gasteiger partial charge in [0.25, 0.3) is 0 Å². The quantitative estimate of drug-likeness (QED) is 0.887. The Bertz CT molecular complexity index is 482. The average Bonchev–Trinajstić information content (AvgIpc) is 2.37. The van der Waals surface area contributed by atoms with E-state index in [1.54, 1.807) is 31.0 Å². The number of anilines is 1. The maximum Gasteiger partial charge on any atom is 0.244 e. The Morgan fingerprint density at radius 3 is 2.78 bits per heavy atom. The molecule has 1 aromatic carbocycles. The number of hydrogen-bond donors (Lipinski definition) is 1. The summed E-state index contributed by atoms with van der Waals surface area (Å²) in [5.41, 5.74) is 0.474. The van der Waals surface area contributed by atoms with Crippen LogP contribution < -0.4 is 5.32 Å². The van der Waals surface area contributed by atoms with Crippen LogP contribution >= 0.6 is 0 Å². The average molecular weight is 249 g/mol. The van der Waals surface area contributed by atoms with E-state index < -0.39 is 11.9 Å². The molecule has 1 amide bonds. The highest BCUT2D eigenvalue weighted by atomic mass is 19.1. The molecule has 0 saturated carbocycles. The molecule has 18 heavy (non-hydrogen) atoms. The van der Waals surface area contributed by atoms with Gasteiger partial charge in [0.1, 0.15) is 17.9 Å². The van der Waals surface area contributed by atoms with Gasteiger partial charge in [-0.3, -0.25) is 4.79 Å². The van der Waals surface area contributed by atoms with E-state index >= 15 is 0 Å². The minimum Gasteiger partial charge on any atom is -0.374 e. The Hall–Kier alpha value is -2.09. The standard InChI is InChI=1S/C13H16FN3O/c1-4-17(3)13(18)9(2)16-11-6-5-10(8-15)12(14)7-11/h5-7,9,16H,4H2,1-3H3. The maximum absolute atomic E-state index is 13.4. The maximum atomic E-state index is 13.4. The zero-order valence-corrected chi connectivity index (χ0v) is 10.7. The van der Waals surface area contributed by atoms with Crippen molar-refractivity contribution in [2.45, 2.75) is 19.9 Å². The Balaban J connectivity index is 2.77. The number of likely N-dealkylation sites (N-methyl/N-ethyl adjacent to an activating group) is 1. The molecular weight excluding hydrogens is 233 g/mol. The van der Waals surface area contributed by atoms with Crippen molar-refractivity contribution in [1.29, 1.82) is 5.26 Å². The summed E-state index contributed by atoms with van der Waals surface area (Å²) in [5, 5.41) is 11.5. The van der Waals surface area contributed by atoms with Crippen molar-refractivity contribution >= 4 is 11.6 Å². The first-order valence-electron chi connectivity index (χ1n) is 5.70. The zero-order chi connectivity index (χ0) is 13.7. The van der Waals surface area contributed by atoms with Crippen molar-refractivity contribution in [2.24, 2.45) is 0 Å². The molecule has 0 aliphatic heterocycles. The van der Waals surface area contributed by atoms with Gasteiger partial charge in [0.2, 0.25) is 5.91 Å². The molecule has 0 radical (unpaired) electrons. The van der Waals surface area contributed by atoms with E-state index in [1.165, 1.54) is 12.1 Å². The van der Waals surface area contributed by atoms with Crippen molar-refractivity contribution in [2.75, 3.05) is 18.9 Å². The highest BCUT2D eigenvalue weighted by molar-refractivity contribution is 5.84. The number of nitrogens with one attached hydrogen (secondary N) is 1. The largest absolute Gasteiger partial charge is 0.374 e. The number of halogens is 1. The van der Waals surface area contributed by atoms with E-state index in [2.05, 4.69) is 5.32 Å². The molecule has 0 fully saturated rings. The van der Waals surface area contributed by atoms with Crippen LogP contribution in [0, 0.1) is 17.1 Å². The molecule has 0 aliphatic rings. The molecule has 0 spiro atoms. The topological polar surface area (TPSA) is 56.1 Å². The number of benzene rings is 1. The molecule has 96 valence electrons. The van der Waals surface area contributed by atoms with Gasteiger partial charge in [0, 0.05) is 19.3 Å². The third-order valence-corrected chi connectivity index (χ3v) is 2.69. The van der Waals surface area contributed by atoms with Gasteiger partial charge in [-0.1, -0.05) is 0 Å². The number of nitriles is 1. The molecule has 1 aromatic rings. The van der Waals surface area contributed by atoms with Gasteiger partial charge in [-0.15, -0.1) is 0 Å². The highest BCUT2D eigenvalue weighted by Gasteiger charge is 2.16. The number of amides is 1. The third kappa shape index (κ3) is 3.20. The summed E-state index contributed by atoms with van der Waals surface area (Å²) in [7, 11) is 1.71. The molecule has 0 aliphatic carbocycles. The lowest BCUT2D eigenvalue weighted by Crippen LogP contribution is -2.38. The van der Waals surface area contributed by atoms with Gasteiger partial charge >= 0.3 is 0 Å². The number of nitrogens with zero attached hydrogens (tertiary/aromatic N) is 2. The summed E-state index contributed by atoms with van der Waals surface area (Å²) in [6.07, 6.45) is 0. The van der Waals surface area contributed by atoms with Crippen molar-refractivity contribution in [3.05, 3.63) is 29.6 Å². The lowest BCUT2D eigenvalue weighted by Gasteiger charge is -2.21. The van der Waals surface area contributed by atoms with Gasteiger partial charge in [0.05, 0.1) is 5.56 Å². The first-order valence-corrected chi connectivity index (χ1v) is 5.70. The van der Waals surface area contributed by atoms with E-state index in [1.807, 2.05) is 6.92 Å². The van der Waals surface area contributed by atoms with E-state index in [-0.39, 0.29) is 11.5 Å². The number of rotatable bonds is 4. The van der Waals surface area contributed by atoms with Crippen LogP contribution in [0.2, 0.25) is 0 Å². The van der Waals surface area contributed by atoms with Crippen LogP contribution in [0.3, 0.4) is 0 Å². The molecule has 0 aromatic heterocycles. The Kier molecular flexibility index (Phi) is 4.67. The summed E-state index contributed by atoms with van der Waals surface area (Å²) < 4.78 is 13.4. The number of carbonyl (C=O) groups excluding carboxylic acids is 1. The van der Waals surface area contributed by atoms with Crippen LogP contribution in [0.1, 0.15) is 19.4 Å². The summed E-state index contributed by atoms with van der Waals surface area (Å²) in [6.45, 7) is 4.21. The SMILES string of the molecule is CCN(C)C(=O)C(C)Nc1ccc(C#N)c(F)c1. The van der Waals surface area contributed by atoms with Gasteiger partial charge in [0.15, 0.2) is 0 Å². The molecule has 0 saturated heterocycles. The van der Waals surface area contributed by atoms with Crippen molar-refractivity contribution in [1.82, 2.24) is 4.90 Å². The zero-order valence-electron chi connectivity index (χ0n) is 10.7. The first kappa shape index (κ1) is 14.0. The monoisotopic (exact) mass is 249 g/mol. The van der Waals surface area contributed by atoms with Crippen LogP contribution in [-0.2, 0) is 4.79 Å². The number of carbonyl (C=O) groups is 1. The molecule has 5 heteroatoms. The lowest BCUT2D eigenvalue weighted by molar-refractivity contribution is -0.130. The Morgan fingerprint density at radius 2 is 2.28 bits per heavy atom. The van der Waals surface area contributed by atoms with Gasteiger partial charge < -0.3 is 10.2 Å². The Labute approximate surface area is 106 Å². The smallest absolute Gasteiger partial charge is 0.244 e. The molecule has 0 heterocycles. The van der Waals surface area contributed by atoms with E-state index in [0.717, 1.165) is 0 Å². The molecule has 1 rings (SSSR count). The molecule has 1 unspecified atom stereocenters. The minimum atomic E-state index is -0.592. The van der Waals surface area contributed by atoms with Crippen LogP contribution in [0.4, 0.5) is 10.1 Å². The van der Waals surface area contributed by atoms with E-state index in [9.17, 15) is 9.18 Å². The van der Waals surface area contributed by atoms with Crippen LogP contribution in [-0.4, -0.2) is 30.4 Å². The molecule has 4 nitrogen and oxygen atoms in total. The number of hydrogen-bond acceptors (Lipinski definition) is 3. The van der Waals surface area contributed by atoms with Crippen LogP contribution in [0.25, 0.3) is 0 Å². The predicted molar refractivity (Wildman–Crippen MR) is 67.5 cm³/mol. The fourth-order valence-electron chi connectivity index (χ4n) is 1.49. The van der Waals surface area contributed by atoms with Crippen LogP contribution in [0.5, 0.6) is 0 Å². The molecule has 1 N–H and O–H groups in total. The van der Waals surface area contributed by atoms with Gasteiger partial charge in [-0.2, -0.15) is 5.26 Å². The van der Waals surface area contributed by atoms with E-state index in [0.29, 0.717) is 12.2 Å². The molecular formula is C13H16FN3O. The van der Waals surface area contributed by atoms with Crippen molar-refractivity contribution in [3.63, 3.8) is 0 Å². The summed E-state index contributed by atoms with van der Waals surface area (Å²) in [5.74, 6) is -0.659. The van der Waals surface area contributed by atoms with Crippen molar-refractivity contribution in [3.8, 4) is 6.07 Å². The lowest BCUT2D eigenvalue weighted by atomic mass is 10.2. The second-order valence-corrected chi connectivity index (χ2v) is 4.02. The first-order chi connectivity index (χ1) is 8.49. The molecule has 1 atom stereocenters. The van der Waals surface area contributed by atoms with Gasteiger partial charge in [-0.05, 0) is 32.0 Å². The Morgan fingerprint density at radius 1 is 1.61 bits per heavy atom. The van der Waals surface area contributed by atoms with Crippen LogP contribution in [0.15, 0.2) is 18.2 Å². The summed E-state index contributed by atoms with van der Waals surface area (Å²) in [4.78, 5) is 13.4. The highest BCUT2D eigenvalue weighted by Crippen LogP contribution is 2.15. The summed E-state index contributed by atoms with van der Waals surface area (Å²) in [6, 6.07) is 5.49. The predicted octanol–water partition coefficient (Wildman–Crippen LogP) is 1.98. The van der Waals surface area contributed by atoms with E-state index in [4.69, 9.17) is 5.26 Å². The van der Waals surface area contributed by atoms with Crippen molar-refractivity contribution < 1.29 is 9.18 Å². The fraction of sp³-hybridized carbons (Fsp3) is 0.385. The third-order valence-electron chi connectivity index (χ3n) is 2.69. The second kappa shape index (κ2) is 6.01. The minimum absolute atomic E-state index is 0.00907. The van der Waals surface area contributed by atoms with Gasteiger partial charge in [-0.25, -0.2) is 4.39 Å². The second-order valence-electron chi connectivity index (χ2n) is 4.02. The fourth-order valence-corrected chi connectivity index (χ4v) is 1.49.